The Hall–Kier alpha value is -2.28. The van der Waals surface area contributed by atoms with Crippen LogP contribution in [0.4, 0.5) is 5.69 Å². The van der Waals surface area contributed by atoms with Crippen LogP contribution >= 0.6 is 0 Å². The summed E-state index contributed by atoms with van der Waals surface area (Å²) in [5, 5.41) is 11.5. The molecule has 0 aromatic heterocycles. The van der Waals surface area contributed by atoms with Crippen molar-refractivity contribution in [1.82, 2.24) is 0 Å². The molecule has 2 N–H and O–H groups in total. The van der Waals surface area contributed by atoms with Crippen molar-refractivity contribution < 1.29 is 14.7 Å². The monoisotopic (exact) mass is 245 g/mol. The Bertz CT molecular complexity index is 497. The first-order valence-electron chi connectivity index (χ1n) is 5.66. The van der Waals surface area contributed by atoms with Gasteiger partial charge < -0.3 is 10.4 Å². The van der Waals surface area contributed by atoms with Gasteiger partial charge in [0.2, 0.25) is 5.91 Å². The van der Waals surface area contributed by atoms with E-state index in [1.807, 2.05) is 0 Å². The lowest BCUT2D eigenvalue weighted by Gasteiger charge is -2.05. The predicted octanol–water partition coefficient (Wildman–Crippen LogP) is 2.52. The second-order valence-electron chi connectivity index (χ2n) is 3.71. The van der Waals surface area contributed by atoms with Gasteiger partial charge in [-0.2, -0.15) is 0 Å². The lowest BCUT2D eigenvalue weighted by molar-refractivity contribution is -0.116. The van der Waals surface area contributed by atoms with Gasteiger partial charge in [-0.1, -0.05) is 6.07 Å². The van der Waals surface area contributed by atoms with Crippen molar-refractivity contribution in [3.63, 3.8) is 0 Å². The van der Waals surface area contributed by atoms with Gasteiger partial charge in [-0.25, -0.2) is 4.79 Å². The van der Waals surface area contributed by atoms with Crippen molar-refractivity contribution in [3.8, 4) is 11.8 Å². The smallest absolute Gasteiger partial charge is 0.335 e. The van der Waals surface area contributed by atoms with E-state index in [1.165, 1.54) is 12.1 Å². The topological polar surface area (TPSA) is 66.4 Å². The molecule has 0 unspecified atom stereocenters. The van der Waals surface area contributed by atoms with Crippen molar-refractivity contribution in [2.75, 3.05) is 5.32 Å². The second kappa shape index (κ2) is 7.13. The number of carboxylic acids is 1. The molecule has 0 aliphatic heterocycles. The molecule has 0 fully saturated rings. The Morgan fingerprint density at radius 1 is 1.39 bits per heavy atom. The van der Waals surface area contributed by atoms with Crippen molar-refractivity contribution in [3.05, 3.63) is 29.8 Å². The Kier molecular flexibility index (Phi) is 5.46. The van der Waals surface area contributed by atoms with E-state index >= 15 is 0 Å². The molecule has 0 saturated heterocycles. The van der Waals surface area contributed by atoms with Crippen molar-refractivity contribution in [2.45, 2.75) is 26.2 Å². The molecule has 0 heterocycles. The van der Waals surface area contributed by atoms with Crippen LogP contribution in [0.5, 0.6) is 0 Å². The predicted molar refractivity (Wildman–Crippen MR) is 69.3 cm³/mol. The number of hydrogen-bond donors (Lipinski definition) is 2. The summed E-state index contributed by atoms with van der Waals surface area (Å²) in [6.07, 6.45) is 1.77. The molecule has 1 aromatic carbocycles. The third-order valence-corrected chi connectivity index (χ3v) is 2.28. The number of hydrogen-bond acceptors (Lipinski definition) is 2. The van der Waals surface area contributed by atoms with Crippen molar-refractivity contribution in [1.29, 1.82) is 0 Å². The number of unbranched alkanes of at least 4 members (excludes halogenated alkanes) is 1. The summed E-state index contributed by atoms with van der Waals surface area (Å²) < 4.78 is 0. The average molecular weight is 245 g/mol. The van der Waals surface area contributed by atoms with Crippen LogP contribution in [0.15, 0.2) is 24.3 Å². The van der Waals surface area contributed by atoms with Crippen LogP contribution in [0, 0.1) is 11.8 Å². The highest BCUT2D eigenvalue weighted by atomic mass is 16.4. The Balaban J connectivity index is 2.50. The molecule has 1 aromatic rings. The minimum Gasteiger partial charge on any atom is -0.478 e. The summed E-state index contributed by atoms with van der Waals surface area (Å²) in [5.74, 6) is 4.51. The highest BCUT2D eigenvalue weighted by Crippen LogP contribution is 2.11. The molecule has 0 saturated carbocycles. The summed E-state index contributed by atoms with van der Waals surface area (Å²) in [4.78, 5) is 22.3. The largest absolute Gasteiger partial charge is 0.478 e. The van der Waals surface area contributed by atoms with E-state index in [-0.39, 0.29) is 11.5 Å². The summed E-state index contributed by atoms with van der Waals surface area (Å²) in [5.41, 5.74) is 0.658. The molecule has 0 atom stereocenters. The highest BCUT2D eigenvalue weighted by Gasteiger charge is 2.05. The van der Waals surface area contributed by atoms with Crippen molar-refractivity contribution >= 4 is 17.6 Å². The van der Waals surface area contributed by atoms with Crippen LogP contribution in [0.3, 0.4) is 0 Å². The molecule has 0 radical (unpaired) electrons. The van der Waals surface area contributed by atoms with E-state index in [9.17, 15) is 9.59 Å². The van der Waals surface area contributed by atoms with Gasteiger partial charge >= 0.3 is 5.97 Å². The Morgan fingerprint density at radius 3 is 2.83 bits per heavy atom. The molecule has 18 heavy (non-hydrogen) atoms. The molecule has 4 heteroatoms. The molecule has 1 amide bonds. The summed E-state index contributed by atoms with van der Waals surface area (Å²) >= 11 is 0. The van der Waals surface area contributed by atoms with Gasteiger partial charge in [0.1, 0.15) is 0 Å². The fourth-order valence-electron chi connectivity index (χ4n) is 1.42. The zero-order chi connectivity index (χ0) is 13.4. The van der Waals surface area contributed by atoms with E-state index in [0.29, 0.717) is 24.9 Å². The van der Waals surface area contributed by atoms with Crippen LogP contribution in [0.2, 0.25) is 0 Å². The molecule has 94 valence electrons. The number of nitrogens with one attached hydrogen (secondary N) is 1. The minimum absolute atomic E-state index is 0.129. The Labute approximate surface area is 106 Å². The van der Waals surface area contributed by atoms with E-state index in [0.717, 1.165) is 0 Å². The summed E-state index contributed by atoms with van der Waals surface area (Å²) in [7, 11) is 0. The number of carboxylic acid groups (broad SMARTS) is 1. The van der Waals surface area contributed by atoms with E-state index < -0.39 is 5.97 Å². The first kappa shape index (κ1) is 13.8. The number of carbonyl (C=O) groups is 2. The summed E-state index contributed by atoms with van der Waals surface area (Å²) in [6.45, 7) is 1.76. The Morgan fingerprint density at radius 2 is 2.17 bits per heavy atom. The number of carbonyl (C=O) groups excluding carboxylic acids is 1. The van der Waals surface area contributed by atoms with E-state index in [4.69, 9.17) is 5.11 Å². The number of benzene rings is 1. The third-order valence-electron chi connectivity index (χ3n) is 2.28. The fraction of sp³-hybridized carbons (Fsp3) is 0.286. The number of aromatic carboxylic acids is 1. The molecule has 4 nitrogen and oxygen atoms in total. The van der Waals surface area contributed by atoms with Crippen LogP contribution < -0.4 is 5.32 Å². The van der Waals surface area contributed by atoms with Crippen LogP contribution in [-0.4, -0.2) is 17.0 Å². The first-order chi connectivity index (χ1) is 8.63. The SMILES string of the molecule is CC#CCCCC(=O)Nc1cccc(C(=O)O)c1. The quantitative estimate of drug-likeness (QED) is 0.618. The summed E-state index contributed by atoms with van der Waals surface area (Å²) in [6, 6.07) is 6.18. The minimum atomic E-state index is -1.01. The first-order valence-corrected chi connectivity index (χ1v) is 5.66. The van der Waals surface area contributed by atoms with Gasteiger partial charge in [0.25, 0.3) is 0 Å². The number of anilines is 1. The van der Waals surface area contributed by atoms with Crippen LogP contribution in [0.1, 0.15) is 36.5 Å². The van der Waals surface area contributed by atoms with Crippen molar-refractivity contribution in [2.24, 2.45) is 0 Å². The zero-order valence-corrected chi connectivity index (χ0v) is 10.2. The lowest BCUT2D eigenvalue weighted by Crippen LogP contribution is -2.11. The maximum absolute atomic E-state index is 11.6. The maximum atomic E-state index is 11.6. The van der Waals surface area contributed by atoms with Gasteiger partial charge in [0, 0.05) is 18.5 Å². The molecular weight excluding hydrogens is 230 g/mol. The molecule has 0 spiro atoms. The van der Waals surface area contributed by atoms with E-state index in [1.54, 1.807) is 19.1 Å². The zero-order valence-electron chi connectivity index (χ0n) is 10.2. The van der Waals surface area contributed by atoms with E-state index in [2.05, 4.69) is 17.2 Å². The average Bonchev–Trinajstić information content (AvgIpc) is 2.35. The number of rotatable bonds is 5. The molecule has 0 aliphatic rings. The molecule has 0 aliphatic carbocycles. The van der Waals surface area contributed by atoms with Crippen LogP contribution in [0.25, 0.3) is 0 Å². The van der Waals surface area contributed by atoms with Gasteiger partial charge in [-0.3, -0.25) is 4.79 Å². The fourth-order valence-corrected chi connectivity index (χ4v) is 1.42. The third kappa shape index (κ3) is 4.71. The lowest BCUT2D eigenvalue weighted by atomic mass is 10.2. The van der Waals surface area contributed by atoms with Crippen LogP contribution in [-0.2, 0) is 4.79 Å². The molecule has 0 bridgehead atoms. The maximum Gasteiger partial charge on any atom is 0.335 e. The molecular formula is C14H15NO3. The van der Waals surface area contributed by atoms with Gasteiger partial charge in [0.15, 0.2) is 0 Å². The highest BCUT2D eigenvalue weighted by molar-refractivity contribution is 5.93. The van der Waals surface area contributed by atoms with Gasteiger partial charge in [0.05, 0.1) is 5.56 Å². The van der Waals surface area contributed by atoms with Gasteiger partial charge in [-0.15, -0.1) is 11.8 Å². The second-order valence-corrected chi connectivity index (χ2v) is 3.71. The normalized spacial score (nSPS) is 9.17. The van der Waals surface area contributed by atoms with Gasteiger partial charge in [-0.05, 0) is 31.5 Å². The standard InChI is InChI=1S/C14H15NO3/c1-2-3-4-5-9-13(16)15-12-8-6-7-11(10-12)14(17)18/h6-8,10H,4-5,9H2,1H3,(H,15,16)(H,17,18). The molecule has 1 rings (SSSR count). The number of amides is 1.